The number of hydrogen-bond acceptors (Lipinski definition) is 3. The third-order valence-electron chi connectivity index (χ3n) is 3.03. The van der Waals surface area contributed by atoms with Crippen LogP contribution in [0.2, 0.25) is 5.02 Å². The van der Waals surface area contributed by atoms with E-state index in [1.54, 1.807) is 6.07 Å². The lowest BCUT2D eigenvalue weighted by Crippen LogP contribution is -2.30. The zero-order valence-corrected chi connectivity index (χ0v) is 12.7. The van der Waals surface area contributed by atoms with Gasteiger partial charge < -0.3 is 4.74 Å². The monoisotopic (exact) mass is 308 g/mol. The van der Waals surface area contributed by atoms with Gasteiger partial charge in [0.2, 0.25) is 0 Å². The van der Waals surface area contributed by atoms with Crippen molar-refractivity contribution in [3.05, 3.63) is 64.4 Å². The van der Waals surface area contributed by atoms with Crippen molar-refractivity contribution in [1.82, 2.24) is 5.43 Å². The molecule has 2 rings (SSSR count). The number of nitrogens with two attached hydrogens (primary N) is 1. The lowest BCUT2D eigenvalue weighted by molar-refractivity contribution is 0.238. The molecule has 0 saturated heterocycles. The van der Waals surface area contributed by atoms with Crippen LogP contribution < -0.4 is 16.0 Å². The fraction of sp³-hybridized carbons (Fsp3) is 0.250. The predicted octanol–water partition coefficient (Wildman–Crippen LogP) is 3.82. The van der Waals surface area contributed by atoms with Gasteiger partial charge in [0.25, 0.3) is 0 Å². The zero-order chi connectivity index (χ0) is 15.4. The van der Waals surface area contributed by atoms with Gasteiger partial charge in [-0.3, -0.25) is 5.84 Å². The topological polar surface area (TPSA) is 47.3 Å². The molecule has 0 spiro atoms. The van der Waals surface area contributed by atoms with E-state index in [1.165, 1.54) is 12.1 Å². The second-order valence-corrected chi connectivity index (χ2v) is 5.41. The molecule has 0 amide bonds. The molecule has 0 radical (unpaired) electrons. The van der Waals surface area contributed by atoms with Crippen molar-refractivity contribution in [2.75, 3.05) is 0 Å². The highest BCUT2D eigenvalue weighted by molar-refractivity contribution is 6.30. The van der Waals surface area contributed by atoms with Gasteiger partial charge in [0.15, 0.2) is 0 Å². The van der Waals surface area contributed by atoms with Crippen LogP contribution in [-0.4, -0.2) is 6.10 Å². The largest absolute Gasteiger partial charge is 0.491 e. The van der Waals surface area contributed by atoms with Gasteiger partial charge >= 0.3 is 0 Å². The lowest BCUT2D eigenvalue weighted by Gasteiger charge is -2.22. The number of hydrazine groups is 1. The Hall–Kier alpha value is -1.62. The first-order valence-electron chi connectivity index (χ1n) is 6.69. The predicted molar refractivity (Wildman–Crippen MR) is 82.8 cm³/mol. The van der Waals surface area contributed by atoms with Crippen LogP contribution in [-0.2, 0) is 0 Å². The first kappa shape index (κ1) is 15.8. The Kier molecular flexibility index (Phi) is 5.17. The van der Waals surface area contributed by atoms with Crippen LogP contribution in [0.15, 0.2) is 42.5 Å². The van der Waals surface area contributed by atoms with E-state index >= 15 is 0 Å². The van der Waals surface area contributed by atoms with Crippen LogP contribution in [0.1, 0.15) is 31.0 Å². The maximum atomic E-state index is 14.1. The summed E-state index contributed by atoms with van der Waals surface area (Å²) in [5.41, 5.74) is 3.78. The summed E-state index contributed by atoms with van der Waals surface area (Å²) >= 11 is 5.96. The molecule has 1 unspecified atom stereocenters. The van der Waals surface area contributed by atoms with Crippen molar-refractivity contribution < 1.29 is 9.13 Å². The first-order valence-corrected chi connectivity index (χ1v) is 7.07. The van der Waals surface area contributed by atoms with Gasteiger partial charge in [-0.1, -0.05) is 29.8 Å². The Labute approximate surface area is 128 Å². The summed E-state index contributed by atoms with van der Waals surface area (Å²) in [5, 5.41) is 0.453. The second-order valence-electron chi connectivity index (χ2n) is 4.97. The van der Waals surface area contributed by atoms with E-state index < -0.39 is 6.04 Å². The van der Waals surface area contributed by atoms with E-state index in [0.717, 1.165) is 5.56 Å². The summed E-state index contributed by atoms with van der Waals surface area (Å²) in [5.74, 6) is 5.93. The number of ether oxygens (including phenoxy) is 1. The molecule has 0 aliphatic heterocycles. The molecule has 2 aromatic rings. The Morgan fingerprint density at radius 2 is 1.86 bits per heavy atom. The molecule has 2 aromatic carbocycles. The molecule has 0 fully saturated rings. The molecule has 0 aliphatic rings. The number of halogens is 2. The van der Waals surface area contributed by atoms with Crippen molar-refractivity contribution >= 4 is 11.6 Å². The Morgan fingerprint density at radius 3 is 2.52 bits per heavy atom. The minimum atomic E-state index is -0.543. The zero-order valence-electron chi connectivity index (χ0n) is 11.9. The van der Waals surface area contributed by atoms with E-state index in [9.17, 15) is 4.39 Å². The van der Waals surface area contributed by atoms with Crippen molar-refractivity contribution in [2.45, 2.75) is 26.0 Å². The fourth-order valence-electron chi connectivity index (χ4n) is 2.16. The summed E-state index contributed by atoms with van der Waals surface area (Å²) < 4.78 is 19.9. The molecule has 3 N–H and O–H groups in total. The number of hydrogen-bond donors (Lipinski definition) is 2. The molecular formula is C16H18ClFN2O. The standard InChI is InChI=1S/C16H18ClFN2O/c1-10(2)21-15-6-4-3-5-12(15)16(20-19)13-9-11(17)7-8-14(13)18/h3-10,16,20H,19H2,1-2H3. The molecule has 3 nitrogen and oxygen atoms in total. The third-order valence-corrected chi connectivity index (χ3v) is 3.26. The Morgan fingerprint density at radius 1 is 1.14 bits per heavy atom. The minimum Gasteiger partial charge on any atom is -0.491 e. The van der Waals surface area contributed by atoms with Gasteiger partial charge in [-0.25, -0.2) is 9.82 Å². The summed E-state index contributed by atoms with van der Waals surface area (Å²) in [6, 6.07) is 11.3. The van der Waals surface area contributed by atoms with Crippen LogP contribution in [0.3, 0.4) is 0 Å². The molecule has 0 saturated carbocycles. The summed E-state index contributed by atoms with van der Waals surface area (Å²) in [7, 11) is 0. The van der Waals surface area contributed by atoms with E-state index in [0.29, 0.717) is 16.3 Å². The van der Waals surface area contributed by atoms with E-state index in [-0.39, 0.29) is 11.9 Å². The van der Waals surface area contributed by atoms with E-state index in [4.69, 9.17) is 22.2 Å². The second kappa shape index (κ2) is 6.89. The van der Waals surface area contributed by atoms with Crippen molar-refractivity contribution in [1.29, 1.82) is 0 Å². The van der Waals surface area contributed by atoms with Gasteiger partial charge in [-0.2, -0.15) is 0 Å². The molecule has 112 valence electrons. The molecule has 0 aliphatic carbocycles. The molecular weight excluding hydrogens is 291 g/mol. The highest BCUT2D eigenvalue weighted by Gasteiger charge is 2.21. The molecule has 0 heterocycles. The Bertz CT molecular complexity index is 619. The van der Waals surface area contributed by atoms with Gasteiger partial charge in [-0.05, 0) is 38.1 Å². The average molecular weight is 309 g/mol. The maximum absolute atomic E-state index is 14.1. The van der Waals surface area contributed by atoms with Crippen LogP contribution in [0, 0.1) is 5.82 Å². The van der Waals surface area contributed by atoms with E-state index in [1.807, 2.05) is 38.1 Å². The van der Waals surface area contributed by atoms with Gasteiger partial charge in [0.05, 0.1) is 12.1 Å². The lowest BCUT2D eigenvalue weighted by atomic mass is 9.98. The van der Waals surface area contributed by atoms with Crippen molar-refractivity contribution in [3.63, 3.8) is 0 Å². The van der Waals surface area contributed by atoms with Crippen LogP contribution in [0.5, 0.6) is 5.75 Å². The van der Waals surface area contributed by atoms with Gasteiger partial charge in [0.1, 0.15) is 11.6 Å². The van der Waals surface area contributed by atoms with E-state index in [2.05, 4.69) is 5.43 Å². The number of benzene rings is 2. The molecule has 0 aromatic heterocycles. The van der Waals surface area contributed by atoms with Crippen molar-refractivity contribution in [3.8, 4) is 5.75 Å². The third kappa shape index (κ3) is 3.73. The molecule has 21 heavy (non-hydrogen) atoms. The number of nitrogens with one attached hydrogen (secondary N) is 1. The minimum absolute atomic E-state index is 0.00813. The molecule has 5 heteroatoms. The van der Waals surface area contributed by atoms with Crippen LogP contribution in [0.4, 0.5) is 4.39 Å². The average Bonchev–Trinajstić information content (AvgIpc) is 2.44. The van der Waals surface area contributed by atoms with Gasteiger partial charge in [0, 0.05) is 16.1 Å². The smallest absolute Gasteiger partial charge is 0.128 e. The maximum Gasteiger partial charge on any atom is 0.128 e. The highest BCUT2D eigenvalue weighted by Crippen LogP contribution is 2.32. The summed E-state index contributed by atoms with van der Waals surface area (Å²) in [4.78, 5) is 0. The van der Waals surface area contributed by atoms with Gasteiger partial charge in [-0.15, -0.1) is 0 Å². The normalized spacial score (nSPS) is 12.5. The fourth-order valence-corrected chi connectivity index (χ4v) is 2.34. The SMILES string of the molecule is CC(C)Oc1ccccc1C(NN)c1cc(Cl)ccc1F. The van der Waals surface area contributed by atoms with Crippen molar-refractivity contribution in [2.24, 2.45) is 5.84 Å². The Balaban J connectivity index is 2.49. The quantitative estimate of drug-likeness (QED) is 0.652. The van der Waals surface area contributed by atoms with Crippen LogP contribution in [0.25, 0.3) is 0 Å². The first-order chi connectivity index (χ1) is 10.0. The highest BCUT2D eigenvalue weighted by atomic mass is 35.5. The number of rotatable bonds is 5. The number of para-hydroxylation sites is 1. The molecule has 1 atom stereocenters. The summed E-state index contributed by atoms with van der Waals surface area (Å²) in [6.07, 6.45) is 0.00813. The summed E-state index contributed by atoms with van der Waals surface area (Å²) in [6.45, 7) is 3.86. The van der Waals surface area contributed by atoms with Crippen LogP contribution >= 0.6 is 11.6 Å². The molecule has 0 bridgehead atoms.